The third kappa shape index (κ3) is 4.20. The van der Waals surface area contributed by atoms with Crippen LogP contribution >= 0.6 is 0 Å². The van der Waals surface area contributed by atoms with E-state index in [1.54, 1.807) is 0 Å². The molecule has 5 nitrogen and oxygen atoms in total. The van der Waals surface area contributed by atoms with Crippen molar-refractivity contribution in [1.29, 1.82) is 0 Å². The van der Waals surface area contributed by atoms with E-state index in [9.17, 15) is 22.8 Å². The molecule has 1 saturated heterocycles. The van der Waals surface area contributed by atoms with E-state index in [1.807, 2.05) is 0 Å². The number of hydrogen-bond acceptors (Lipinski definition) is 3. The summed E-state index contributed by atoms with van der Waals surface area (Å²) in [5.74, 6) is -1.35. The number of halogens is 3. The highest BCUT2D eigenvalue weighted by atomic mass is 19.4. The van der Waals surface area contributed by atoms with Gasteiger partial charge in [0.1, 0.15) is 0 Å². The molecule has 1 heterocycles. The average molecular weight is 315 g/mol. The van der Waals surface area contributed by atoms with E-state index in [2.05, 4.69) is 16.0 Å². The lowest BCUT2D eigenvalue weighted by Crippen LogP contribution is -2.43. The van der Waals surface area contributed by atoms with E-state index in [4.69, 9.17) is 0 Å². The zero-order valence-corrected chi connectivity index (χ0v) is 11.7. The van der Waals surface area contributed by atoms with Crippen molar-refractivity contribution in [2.45, 2.75) is 18.6 Å². The number of carbonyl (C=O) groups is 2. The molecule has 0 bridgehead atoms. The molecule has 22 heavy (non-hydrogen) atoms. The highest BCUT2D eigenvalue weighted by Crippen LogP contribution is 2.31. The van der Waals surface area contributed by atoms with E-state index in [-0.39, 0.29) is 12.6 Å². The van der Waals surface area contributed by atoms with Crippen LogP contribution in [0.5, 0.6) is 0 Å². The smallest absolute Gasteiger partial charge is 0.351 e. The second-order valence-electron chi connectivity index (χ2n) is 4.98. The molecule has 2 rings (SSSR count). The second-order valence-corrected chi connectivity index (χ2v) is 4.98. The molecule has 0 radical (unpaired) electrons. The van der Waals surface area contributed by atoms with E-state index in [0.29, 0.717) is 6.54 Å². The summed E-state index contributed by atoms with van der Waals surface area (Å²) < 4.78 is 38.4. The molecule has 1 aliphatic rings. The van der Waals surface area contributed by atoms with Crippen LogP contribution in [0.3, 0.4) is 0 Å². The van der Waals surface area contributed by atoms with Gasteiger partial charge in [0, 0.05) is 12.6 Å². The first kappa shape index (κ1) is 16.3. The van der Waals surface area contributed by atoms with Crippen molar-refractivity contribution in [1.82, 2.24) is 16.0 Å². The predicted molar refractivity (Wildman–Crippen MR) is 73.2 cm³/mol. The van der Waals surface area contributed by atoms with Gasteiger partial charge in [0.05, 0.1) is 17.7 Å². The largest absolute Gasteiger partial charge is 0.417 e. The van der Waals surface area contributed by atoms with Gasteiger partial charge >= 0.3 is 6.18 Å². The Morgan fingerprint density at radius 1 is 1.27 bits per heavy atom. The van der Waals surface area contributed by atoms with Gasteiger partial charge in [-0.25, -0.2) is 0 Å². The van der Waals surface area contributed by atoms with Crippen LogP contribution in [0.1, 0.15) is 22.3 Å². The topological polar surface area (TPSA) is 70.2 Å². The van der Waals surface area contributed by atoms with Crippen LogP contribution < -0.4 is 16.0 Å². The van der Waals surface area contributed by atoms with Crippen molar-refractivity contribution in [3.8, 4) is 0 Å². The number of benzene rings is 1. The Morgan fingerprint density at radius 2 is 2.00 bits per heavy atom. The Bertz CT molecular complexity index is 555. The van der Waals surface area contributed by atoms with Gasteiger partial charge in [-0.05, 0) is 25.1 Å². The summed E-state index contributed by atoms with van der Waals surface area (Å²) in [5, 5.41) is 7.97. The third-order valence-corrected chi connectivity index (χ3v) is 3.31. The molecule has 1 unspecified atom stereocenters. The minimum absolute atomic E-state index is 0.00753. The van der Waals surface area contributed by atoms with Gasteiger partial charge in [0.2, 0.25) is 5.91 Å². The minimum Gasteiger partial charge on any atom is -0.351 e. The van der Waals surface area contributed by atoms with Crippen LogP contribution in [0.4, 0.5) is 13.2 Å². The van der Waals surface area contributed by atoms with Gasteiger partial charge in [0.25, 0.3) is 5.91 Å². The summed E-state index contributed by atoms with van der Waals surface area (Å²) in [6.07, 6.45) is -3.83. The van der Waals surface area contributed by atoms with E-state index in [1.165, 1.54) is 12.1 Å². The summed E-state index contributed by atoms with van der Waals surface area (Å²) in [6.45, 7) is 1.09. The summed E-state index contributed by atoms with van der Waals surface area (Å²) in [6, 6.07) is 4.45. The van der Waals surface area contributed by atoms with Gasteiger partial charge < -0.3 is 16.0 Å². The van der Waals surface area contributed by atoms with Gasteiger partial charge in [-0.15, -0.1) is 0 Å². The normalized spacial score (nSPS) is 18.0. The molecule has 0 aromatic heterocycles. The van der Waals surface area contributed by atoms with Crippen molar-refractivity contribution >= 4 is 11.8 Å². The Hall–Kier alpha value is -2.09. The van der Waals surface area contributed by atoms with Gasteiger partial charge in [-0.2, -0.15) is 13.2 Å². The van der Waals surface area contributed by atoms with Crippen molar-refractivity contribution < 1.29 is 22.8 Å². The van der Waals surface area contributed by atoms with E-state index < -0.39 is 29.1 Å². The SMILES string of the molecule is O=C(CNC(=O)c1ccccc1C(F)(F)F)NC1CCNC1. The highest BCUT2D eigenvalue weighted by Gasteiger charge is 2.34. The number of alkyl halides is 3. The second kappa shape index (κ2) is 6.78. The predicted octanol–water partition coefficient (Wildman–Crippen LogP) is 0.913. The fourth-order valence-corrected chi connectivity index (χ4v) is 2.24. The van der Waals surface area contributed by atoms with Gasteiger partial charge in [-0.1, -0.05) is 12.1 Å². The molecule has 1 atom stereocenters. The maximum atomic E-state index is 12.8. The number of hydrogen-bond donors (Lipinski definition) is 3. The molecule has 0 saturated carbocycles. The fourth-order valence-electron chi connectivity index (χ4n) is 2.24. The van der Waals surface area contributed by atoms with Gasteiger partial charge in [0.15, 0.2) is 0 Å². The third-order valence-electron chi connectivity index (χ3n) is 3.31. The van der Waals surface area contributed by atoms with Crippen molar-refractivity contribution in [3.63, 3.8) is 0 Å². The summed E-state index contributed by atoms with van der Waals surface area (Å²) in [4.78, 5) is 23.5. The van der Waals surface area contributed by atoms with E-state index in [0.717, 1.165) is 25.1 Å². The summed E-state index contributed by atoms with van der Waals surface area (Å²) >= 11 is 0. The van der Waals surface area contributed by atoms with Gasteiger partial charge in [-0.3, -0.25) is 9.59 Å². The molecule has 1 fully saturated rings. The number of rotatable bonds is 4. The van der Waals surface area contributed by atoms with Crippen LogP contribution in [0.15, 0.2) is 24.3 Å². The monoisotopic (exact) mass is 315 g/mol. The molecule has 1 aliphatic heterocycles. The van der Waals surface area contributed by atoms with Crippen LogP contribution in [0.25, 0.3) is 0 Å². The summed E-state index contributed by atoms with van der Waals surface area (Å²) in [7, 11) is 0. The number of carbonyl (C=O) groups excluding carboxylic acids is 2. The summed E-state index contributed by atoms with van der Waals surface area (Å²) in [5.41, 5.74) is -1.52. The lowest BCUT2D eigenvalue weighted by molar-refractivity contribution is -0.137. The molecule has 0 spiro atoms. The average Bonchev–Trinajstić information content (AvgIpc) is 2.96. The number of amides is 2. The van der Waals surface area contributed by atoms with Crippen LogP contribution in [0.2, 0.25) is 0 Å². The maximum Gasteiger partial charge on any atom is 0.417 e. The fraction of sp³-hybridized carbons (Fsp3) is 0.429. The van der Waals surface area contributed by atoms with Crippen LogP contribution in [-0.4, -0.2) is 37.5 Å². The lowest BCUT2D eigenvalue weighted by Gasteiger charge is -2.14. The quantitative estimate of drug-likeness (QED) is 0.774. The molecule has 1 aromatic rings. The number of nitrogens with one attached hydrogen (secondary N) is 3. The Kier molecular flexibility index (Phi) is 5.02. The van der Waals surface area contributed by atoms with E-state index >= 15 is 0 Å². The van der Waals surface area contributed by atoms with Crippen molar-refractivity contribution in [2.75, 3.05) is 19.6 Å². The zero-order chi connectivity index (χ0) is 16.2. The standard InChI is InChI=1S/C14H16F3N3O2/c15-14(16,17)11-4-2-1-3-10(11)13(22)19-8-12(21)20-9-5-6-18-7-9/h1-4,9,18H,5-8H2,(H,19,22)(H,20,21). The lowest BCUT2D eigenvalue weighted by atomic mass is 10.1. The van der Waals surface area contributed by atoms with Crippen molar-refractivity contribution in [3.05, 3.63) is 35.4 Å². The first-order chi connectivity index (χ1) is 10.4. The first-order valence-electron chi connectivity index (χ1n) is 6.82. The highest BCUT2D eigenvalue weighted by molar-refractivity contribution is 5.97. The minimum atomic E-state index is -4.62. The molecule has 3 N–H and O–H groups in total. The van der Waals surface area contributed by atoms with Crippen LogP contribution in [0, 0.1) is 0 Å². The molecular formula is C14H16F3N3O2. The van der Waals surface area contributed by atoms with Crippen molar-refractivity contribution in [2.24, 2.45) is 0 Å². The Labute approximate surface area is 125 Å². The van der Waals surface area contributed by atoms with Crippen LogP contribution in [-0.2, 0) is 11.0 Å². The molecule has 0 aliphatic carbocycles. The molecule has 2 amide bonds. The zero-order valence-electron chi connectivity index (χ0n) is 11.7. The maximum absolute atomic E-state index is 12.8. The molecule has 120 valence electrons. The Balaban J connectivity index is 1.93. The molecule has 1 aromatic carbocycles. The Morgan fingerprint density at radius 3 is 2.64 bits per heavy atom. The first-order valence-corrected chi connectivity index (χ1v) is 6.82. The molecule has 8 heteroatoms. The molecular weight excluding hydrogens is 299 g/mol.